The molecular formula is C22H29N7. The van der Waals surface area contributed by atoms with Crippen LogP contribution < -0.4 is 5.32 Å². The van der Waals surface area contributed by atoms with E-state index < -0.39 is 0 Å². The average molecular weight is 392 g/mol. The number of nitrogens with zero attached hydrogens (tertiary/aromatic N) is 6. The number of nitrogens with one attached hydrogen (secondary N) is 1. The quantitative estimate of drug-likeness (QED) is 0.518. The molecule has 0 bridgehead atoms. The molecule has 1 saturated heterocycles. The average Bonchev–Trinajstić information content (AvgIpc) is 3.49. The van der Waals surface area contributed by atoms with Crippen molar-refractivity contribution in [2.24, 2.45) is 12.0 Å². The van der Waals surface area contributed by atoms with Gasteiger partial charge in [-0.2, -0.15) is 10.2 Å². The van der Waals surface area contributed by atoms with Crippen LogP contribution in [0.15, 0.2) is 60.1 Å². The van der Waals surface area contributed by atoms with Crippen LogP contribution in [-0.4, -0.2) is 56.6 Å². The topological polar surface area (TPSA) is 63.3 Å². The van der Waals surface area contributed by atoms with Crippen molar-refractivity contribution in [1.82, 2.24) is 29.8 Å². The van der Waals surface area contributed by atoms with Crippen molar-refractivity contribution in [3.63, 3.8) is 0 Å². The smallest absolute Gasteiger partial charge is 0.193 e. The number of likely N-dealkylation sites (tertiary alicyclic amines) is 1. The maximum atomic E-state index is 4.88. The third-order valence-electron chi connectivity index (χ3n) is 5.34. The van der Waals surface area contributed by atoms with Gasteiger partial charge in [-0.25, -0.2) is 4.68 Å². The maximum absolute atomic E-state index is 4.88. The Morgan fingerprint density at radius 1 is 1.17 bits per heavy atom. The fourth-order valence-electron chi connectivity index (χ4n) is 3.80. The number of benzene rings is 1. The number of hydrogen-bond donors (Lipinski definition) is 1. The molecule has 0 spiro atoms. The van der Waals surface area contributed by atoms with Crippen LogP contribution in [-0.2, 0) is 13.5 Å². The molecule has 1 atom stereocenters. The Morgan fingerprint density at radius 3 is 2.79 bits per heavy atom. The molecular weight excluding hydrogens is 362 g/mol. The summed E-state index contributed by atoms with van der Waals surface area (Å²) >= 11 is 0. The van der Waals surface area contributed by atoms with E-state index in [2.05, 4.69) is 51.9 Å². The number of para-hydroxylation sites is 1. The number of aromatic nitrogens is 4. The summed E-state index contributed by atoms with van der Waals surface area (Å²) in [4.78, 5) is 7.25. The van der Waals surface area contributed by atoms with Crippen LogP contribution >= 0.6 is 0 Å². The van der Waals surface area contributed by atoms with E-state index in [-0.39, 0.29) is 0 Å². The van der Waals surface area contributed by atoms with E-state index in [0.717, 1.165) is 50.7 Å². The summed E-state index contributed by atoms with van der Waals surface area (Å²) in [6, 6.07) is 10.2. The molecule has 0 aliphatic carbocycles. The lowest BCUT2D eigenvalue weighted by Crippen LogP contribution is -2.40. The van der Waals surface area contributed by atoms with Gasteiger partial charge in [0.2, 0.25) is 0 Å². The Bertz CT molecular complexity index is 941. The highest BCUT2D eigenvalue weighted by atomic mass is 15.3. The zero-order valence-electron chi connectivity index (χ0n) is 17.2. The summed E-state index contributed by atoms with van der Waals surface area (Å²) in [5, 5.41) is 12.2. The fraction of sp³-hybridized carbons (Fsp3) is 0.409. The fourth-order valence-corrected chi connectivity index (χ4v) is 3.80. The predicted molar refractivity (Wildman–Crippen MR) is 115 cm³/mol. The maximum Gasteiger partial charge on any atom is 0.193 e. The molecule has 152 valence electrons. The first-order valence-electron chi connectivity index (χ1n) is 10.3. The number of rotatable bonds is 6. The number of aliphatic imine (C=N–C) groups is 1. The molecule has 1 fully saturated rings. The van der Waals surface area contributed by atoms with Crippen molar-refractivity contribution in [1.29, 1.82) is 0 Å². The van der Waals surface area contributed by atoms with E-state index in [4.69, 9.17) is 4.99 Å². The predicted octanol–water partition coefficient (Wildman–Crippen LogP) is 2.60. The summed E-state index contributed by atoms with van der Waals surface area (Å²) in [6.45, 7) is 5.75. The SMILES string of the molecule is CCNC(=NCCc1cnn(-c2ccccc2)c1)N1CCC(c2cnn(C)c2)C1. The second kappa shape index (κ2) is 8.94. The zero-order valence-corrected chi connectivity index (χ0v) is 17.2. The van der Waals surface area contributed by atoms with Gasteiger partial charge in [-0.3, -0.25) is 9.67 Å². The summed E-state index contributed by atoms with van der Waals surface area (Å²) in [6.07, 6.45) is 10.2. The van der Waals surface area contributed by atoms with Gasteiger partial charge in [0, 0.05) is 51.5 Å². The van der Waals surface area contributed by atoms with Crippen molar-refractivity contribution >= 4 is 5.96 Å². The molecule has 7 heteroatoms. The van der Waals surface area contributed by atoms with Gasteiger partial charge in [-0.15, -0.1) is 0 Å². The van der Waals surface area contributed by atoms with Gasteiger partial charge in [0.05, 0.1) is 18.1 Å². The number of aryl methyl sites for hydroxylation is 1. The van der Waals surface area contributed by atoms with E-state index in [1.165, 1.54) is 11.1 Å². The van der Waals surface area contributed by atoms with Crippen LogP contribution in [0.25, 0.3) is 5.69 Å². The van der Waals surface area contributed by atoms with Crippen LogP contribution in [0.5, 0.6) is 0 Å². The molecule has 3 heterocycles. The first kappa shape index (κ1) is 19.2. The Hall–Kier alpha value is -3.09. The minimum absolute atomic E-state index is 0.525. The van der Waals surface area contributed by atoms with Gasteiger partial charge in [-0.1, -0.05) is 18.2 Å². The lowest BCUT2D eigenvalue weighted by molar-refractivity contribution is 0.486. The lowest BCUT2D eigenvalue weighted by atomic mass is 10.0. The zero-order chi connectivity index (χ0) is 20.1. The van der Waals surface area contributed by atoms with E-state index in [9.17, 15) is 0 Å². The first-order valence-corrected chi connectivity index (χ1v) is 10.3. The first-order chi connectivity index (χ1) is 14.2. The molecule has 1 aliphatic rings. The van der Waals surface area contributed by atoms with Crippen LogP contribution in [0.1, 0.15) is 30.4 Å². The third-order valence-corrected chi connectivity index (χ3v) is 5.34. The molecule has 0 amide bonds. The monoisotopic (exact) mass is 391 g/mol. The normalized spacial score (nSPS) is 17.1. The van der Waals surface area contributed by atoms with Gasteiger partial charge in [0.25, 0.3) is 0 Å². The highest BCUT2D eigenvalue weighted by molar-refractivity contribution is 5.80. The van der Waals surface area contributed by atoms with Gasteiger partial charge in [0.15, 0.2) is 5.96 Å². The standard InChI is InChI=1S/C22H29N7/c1-3-23-22(28-12-10-19(17-28)20-14-25-27(2)16-20)24-11-9-18-13-26-29(15-18)21-7-5-4-6-8-21/h4-8,13-16,19H,3,9-12,17H2,1-2H3,(H,23,24). The van der Waals surface area contributed by atoms with Gasteiger partial charge in [-0.05, 0) is 43.0 Å². The third kappa shape index (κ3) is 4.67. The molecule has 3 aromatic rings. The van der Waals surface area contributed by atoms with E-state index in [0.29, 0.717) is 5.92 Å². The number of hydrogen-bond acceptors (Lipinski definition) is 3. The minimum atomic E-state index is 0.525. The second-order valence-electron chi connectivity index (χ2n) is 7.49. The van der Waals surface area contributed by atoms with Crippen LogP contribution in [0.4, 0.5) is 0 Å². The summed E-state index contributed by atoms with van der Waals surface area (Å²) < 4.78 is 3.80. The molecule has 4 rings (SSSR count). The molecule has 1 N–H and O–H groups in total. The van der Waals surface area contributed by atoms with E-state index in [1.807, 2.05) is 47.0 Å². The molecule has 1 aromatic carbocycles. The summed E-state index contributed by atoms with van der Waals surface area (Å²) in [5.74, 6) is 1.53. The van der Waals surface area contributed by atoms with Crippen molar-refractivity contribution in [3.05, 3.63) is 66.2 Å². The van der Waals surface area contributed by atoms with Crippen LogP contribution in [0.2, 0.25) is 0 Å². The Balaban J connectivity index is 1.36. The largest absolute Gasteiger partial charge is 0.357 e. The van der Waals surface area contributed by atoms with Crippen molar-refractivity contribution in [2.45, 2.75) is 25.7 Å². The summed E-state index contributed by atoms with van der Waals surface area (Å²) in [7, 11) is 1.97. The molecule has 7 nitrogen and oxygen atoms in total. The van der Waals surface area contributed by atoms with Crippen molar-refractivity contribution < 1.29 is 0 Å². The molecule has 0 radical (unpaired) electrons. The van der Waals surface area contributed by atoms with Crippen molar-refractivity contribution in [3.8, 4) is 5.69 Å². The van der Waals surface area contributed by atoms with Crippen molar-refractivity contribution in [2.75, 3.05) is 26.2 Å². The van der Waals surface area contributed by atoms with Gasteiger partial charge < -0.3 is 10.2 Å². The van der Waals surface area contributed by atoms with E-state index in [1.54, 1.807) is 0 Å². The second-order valence-corrected chi connectivity index (χ2v) is 7.49. The number of guanidine groups is 1. The molecule has 0 saturated carbocycles. The Kier molecular flexibility index (Phi) is 5.93. The highest BCUT2D eigenvalue weighted by Gasteiger charge is 2.26. The van der Waals surface area contributed by atoms with Crippen LogP contribution in [0, 0.1) is 0 Å². The van der Waals surface area contributed by atoms with Crippen LogP contribution in [0.3, 0.4) is 0 Å². The van der Waals surface area contributed by atoms with Gasteiger partial charge in [0.1, 0.15) is 0 Å². The molecule has 2 aromatic heterocycles. The Morgan fingerprint density at radius 2 is 2.03 bits per heavy atom. The lowest BCUT2D eigenvalue weighted by Gasteiger charge is -2.21. The molecule has 1 aliphatic heterocycles. The van der Waals surface area contributed by atoms with Gasteiger partial charge >= 0.3 is 0 Å². The Labute approximate surface area is 172 Å². The highest BCUT2D eigenvalue weighted by Crippen LogP contribution is 2.26. The minimum Gasteiger partial charge on any atom is -0.357 e. The van der Waals surface area contributed by atoms with E-state index >= 15 is 0 Å². The molecule has 29 heavy (non-hydrogen) atoms. The summed E-state index contributed by atoms with van der Waals surface area (Å²) in [5.41, 5.74) is 3.59. The molecule has 1 unspecified atom stereocenters.